The summed E-state index contributed by atoms with van der Waals surface area (Å²) in [4.78, 5) is 11.3. The van der Waals surface area contributed by atoms with Gasteiger partial charge in [-0.25, -0.2) is 0 Å². The van der Waals surface area contributed by atoms with E-state index in [1.165, 1.54) is 32.2 Å². The second kappa shape index (κ2) is 6.62. The first kappa shape index (κ1) is 16.0. The van der Waals surface area contributed by atoms with Gasteiger partial charge in [0, 0.05) is 5.56 Å². The largest absolute Gasteiger partial charge is 0.493 e. The van der Waals surface area contributed by atoms with Gasteiger partial charge in [0.25, 0.3) is 0 Å². The van der Waals surface area contributed by atoms with Crippen LogP contribution in [-0.4, -0.2) is 21.3 Å². The van der Waals surface area contributed by atoms with Gasteiger partial charge in [-0.05, 0) is 30.7 Å². The summed E-state index contributed by atoms with van der Waals surface area (Å²) in [6.07, 6.45) is 0. The smallest absolute Gasteiger partial charge is 0.313 e. The van der Waals surface area contributed by atoms with Gasteiger partial charge in [0.2, 0.25) is 0 Å². The number of carbonyl (C=O) groups excluding carboxylic acids is 1. The van der Waals surface area contributed by atoms with E-state index in [0.717, 1.165) is 0 Å². The Labute approximate surface area is 129 Å². The van der Waals surface area contributed by atoms with Crippen molar-refractivity contribution in [1.82, 2.24) is 0 Å². The van der Waals surface area contributed by atoms with Crippen molar-refractivity contribution in [1.29, 1.82) is 0 Å². The van der Waals surface area contributed by atoms with Crippen molar-refractivity contribution in [3.8, 4) is 11.5 Å². The molecule has 2 aromatic rings. The fourth-order valence-corrected chi connectivity index (χ4v) is 2.97. The first-order valence-corrected chi connectivity index (χ1v) is 8.14. The van der Waals surface area contributed by atoms with Crippen LogP contribution in [0.3, 0.4) is 0 Å². The summed E-state index contributed by atoms with van der Waals surface area (Å²) < 4.78 is 34.4. The van der Waals surface area contributed by atoms with Crippen LogP contribution in [0, 0.1) is 0 Å². The lowest BCUT2D eigenvalue weighted by molar-refractivity contribution is 0.101. The summed E-state index contributed by atoms with van der Waals surface area (Å²) in [6, 6.07) is 13.1. The predicted octanol–water partition coefficient (Wildman–Crippen LogP) is 2.81. The van der Waals surface area contributed by atoms with E-state index in [-0.39, 0.29) is 23.0 Å². The number of rotatable bonds is 6. The van der Waals surface area contributed by atoms with E-state index in [4.69, 9.17) is 8.92 Å². The summed E-state index contributed by atoms with van der Waals surface area (Å²) in [7, 11) is -2.43. The van der Waals surface area contributed by atoms with Gasteiger partial charge in [0.15, 0.2) is 17.3 Å². The summed E-state index contributed by atoms with van der Waals surface area (Å²) in [5.41, 5.74) is 1.05. The van der Waals surface area contributed by atoms with E-state index in [2.05, 4.69) is 0 Å². The highest BCUT2D eigenvalue weighted by Crippen LogP contribution is 2.30. The lowest BCUT2D eigenvalue weighted by Crippen LogP contribution is -2.13. The molecular weight excluding hydrogens is 304 g/mol. The molecule has 0 saturated heterocycles. The van der Waals surface area contributed by atoms with Crippen molar-refractivity contribution in [3.05, 3.63) is 59.7 Å². The molecule has 0 aliphatic heterocycles. The van der Waals surface area contributed by atoms with E-state index >= 15 is 0 Å². The average Bonchev–Trinajstić information content (AvgIpc) is 2.47. The molecule has 0 aromatic heterocycles. The number of hydrogen-bond acceptors (Lipinski definition) is 5. The standard InChI is InChI=1S/C16H16O5S/c1-12(17)14-8-9-15(16(10-14)20-2)21-22(18,19)11-13-6-4-3-5-7-13/h3-10H,11H2,1-2H3. The third-order valence-corrected chi connectivity index (χ3v) is 4.09. The number of ether oxygens (including phenoxy) is 1. The Morgan fingerprint density at radius 2 is 1.73 bits per heavy atom. The third kappa shape index (κ3) is 4.08. The third-order valence-electron chi connectivity index (χ3n) is 2.97. The Kier molecular flexibility index (Phi) is 4.82. The minimum Gasteiger partial charge on any atom is -0.493 e. The number of hydrogen-bond donors (Lipinski definition) is 0. The molecule has 0 spiro atoms. The molecule has 0 radical (unpaired) electrons. The Balaban J connectivity index is 2.24. The van der Waals surface area contributed by atoms with Crippen molar-refractivity contribution in [3.63, 3.8) is 0 Å². The molecule has 6 heteroatoms. The SMILES string of the molecule is COc1cc(C(C)=O)ccc1OS(=O)(=O)Cc1ccccc1. The monoisotopic (exact) mass is 320 g/mol. The maximum atomic E-state index is 12.1. The molecule has 22 heavy (non-hydrogen) atoms. The molecule has 0 fully saturated rings. The van der Waals surface area contributed by atoms with E-state index in [0.29, 0.717) is 11.1 Å². The summed E-state index contributed by atoms with van der Waals surface area (Å²) >= 11 is 0. The zero-order valence-corrected chi connectivity index (χ0v) is 13.1. The number of Topliss-reactive ketones (excluding diaryl/α,β-unsaturated/α-hetero) is 1. The molecule has 0 bridgehead atoms. The quantitative estimate of drug-likeness (QED) is 0.604. The van der Waals surface area contributed by atoms with Gasteiger partial charge >= 0.3 is 10.1 Å². The number of carbonyl (C=O) groups is 1. The van der Waals surface area contributed by atoms with Crippen molar-refractivity contribution in [2.24, 2.45) is 0 Å². The molecule has 0 heterocycles. The molecule has 0 atom stereocenters. The van der Waals surface area contributed by atoms with E-state index in [1.54, 1.807) is 30.3 Å². The normalized spacial score (nSPS) is 11.0. The van der Waals surface area contributed by atoms with E-state index < -0.39 is 10.1 Å². The lowest BCUT2D eigenvalue weighted by atomic mass is 10.1. The zero-order chi connectivity index (χ0) is 16.2. The first-order chi connectivity index (χ1) is 10.4. The van der Waals surface area contributed by atoms with Crippen LogP contribution in [0.15, 0.2) is 48.5 Å². The molecule has 0 N–H and O–H groups in total. The average molecular weight is 320 g/mol. The van der Waals surface area contributed by atoms with Crippen molar-refractivity contribution < 1.29 is 22.1 Å². The number of ketones is 1. The minimum atomic E-state index is -3.82. The molecule has 0 unspecified atom stereocenters. The highest BCUT2D eigenvalue weighted by atomic mass is 32.2. The van der Waals surface area contributed by atoms with Crippen LogP contribution in [0.25, 0.3) is 0 Å². The van der Waals surface area contributed by atoms with Crippen molar-refractivity contribution in [2.45, 2.75) is 12.7 Å². The van der Waals surface area contributed by atoms with Crippen LogP contribution in [0.4, 0.5) is 0 Å². The summed E-state index contributed by atoms with van der Waals surface area (Å²) in [5.74, 6) is -0.129. The van der Waals surface area contributed by atoms with Crippen LogP contribution in [-0.2, 0) is 15.9 Å². The van der Waals surface area contributed by atoms with Gasteiger partial charge < -0.3 is 8.92 Å². The Morgan fingerprint density at radius 1 is 1.05 bits per heavy atom. The predicted molar refractivity (Wildman–Crippen MR) is 82.7 cm³/mol. The van der Waals surface area contributed by atoms with Crippen molar-refractivity contribution in [2.75, 3.05) is 7.11 Å². The van der Waals surface area contributed by atoms with E-state index in [1.807, 2.05) is 0 Å². The second-order valence-corrected chi connectivity index (χ2v) is 6.26. The van der Waals surface area contributed by atoms with Crippen LogP contribution in [0.1, 0.15) is 22.8 Å². The highest BCUT2D eigenvalue weighted by molar-refractivity contribution is 7.86. The van der Waals surface area contributed by atoms with Gasteiger partial charge in [-0.2, -0.15) is 8.42 Å². The Bertz CT molecular complexity index is 766. The van der Waals surface area contributed by atoms with Crippen LogP contribution >= 0.6 is 0 Å². The molecule has 0 aliphatic carbocycles. The molecule has 2 aromatic carbocycles. The molecule has 0 saturated carbocycles. The molecule has 0 aliphatic rings. The van der Waals surface area contributed by atoms with Crippen LogP contribution < -0.4 is 8.92 Å². The van der Waals surface area contributed by atoms with Gasteiger partial charge in [-0.3, -0.25) is 4.79 Å². The van der Waals surface area contributed by atoms with Gasteiger partial charge in [-0.1, -0.05) is 30.3 Å². The fourth-order valence-electron chi connectivity index (χ4n) is 1.90. The maximum absolute atomic E-state index is 12.1. The van der Waals surface area contributed by atoms with Gasteiger partial charge in [-0.15, -0.1) is 0 Å². The Morgan fingerprint density at radius 3 is 2.32 bits per heavy atom. The summed E-state index contributed by atoms with van der Waals surface area (Å²) in [5, 5.41) is 0. The number of benzene rings is 2. The molecule has 116 valence electrons. The summed E-state index contributed by atoms with van der Waals surface area (Å²) in [6.45, 7) is 1.42. The molecule has 5 nitrogen and oxygen atoms in total. The van der Waals surface area contributed by atoms with Gasteiger partial charge in [0.05, 0.1) is 7.11 Å². The molecule has 2 rings (SSSR count). The van der Waals surface area contributed by atoms with Crippen LogP contribution in [0.2, 0.25) is 0 Å². The minimum absolute atomic E-state index is 0.0587. The Hall–Kier alpha value is -2.34. The van der Waals surface area contributed by atoms with E-state index in [9.17, 15) is 13.2 Å². The lowest BCUT2D eigenvalue weighted by Gasteiger charge is -2.11. The van der Waals surface area contributed by atoms with Crippen LogP contribution in [0.5, 0.6) is 11.5 Å². The first-order valence-electron chi connectivity index (χ1n) is 6.56. The topological polar surface area (TPSA) is 69.7 Å². The van der Waals surface area contributed by atoms with Crippen molar-refractivity contribution >= 4 is 15.9 Å². The molecular formula is C16H16O5S. The fraction of sp³-hybridized carbons (Fsp3) is 0.188. The molecule has 0 amide bonds. The van der Waals surface area contributed by atoms with Gasteiger partial charge in [0.1, 0.15) is 5.75 Å². The highest BCUT2D eigenvalue weighted by Gasteiger charge is 2.17. The second-order valence-electron chi connectivity index (χ2n) is 4.69. The maximum Gasteiger partial charge on any atom is 0.313 e. The number of methoxy groups -OCH3 is 1. The zero-order valence-electron chi connectivity index (χ0n) is 12.3.